The van der Waals surface area contributed by atoms with E-state index in [9.17, 15) is 23.1 Å². The van der Waals surface area contributed by atoms with Crippen molar-refractivity contribution in [3.8, 4) is 11.3 Å². The number of carbonyl (C=O) groups is 1. The number of benzene rings is 3. The molecule has 8 heteroatoms. The van der Waals surface area contributed by atoms with E-state index in [0.29, 0.717) is 0 Å². The maximum Gasteiger partial charge on any atom is 0 e. The van der Waals surface area contributed by atoms with Crippen LogP contribution >= 0.6 is 0 Å². The van der Waals surface area contributed by atoms with Crippen LogP contribution in [0.5, 0.6) is 0 Å². The molecule has 295 valence electrons. The number of hydrogen-bond acceptors (Lipinski definition) is 3. The number of allylic oxidation sites excluding steroid dienone is 2. The van der Waals surface area contributed by atoms with Gasteiger partial charge in [0.2, 0.25) is 0 Å². The van der Waals surface area contributed by atoms with Crippen molar-refractivity contribution >= 4 is 50.4 Å². The van der Waals surface area contributed by atoms with Crippen molar-refractivity contribution < 1.29 is 43.2 Å². The fourth-order valence-corrected chi connectivity index (χ4v) is 9.34. The second kappa shape index (κ2) is 17.2. The Hall–Kier alpha value is -2.76. The second-order valence-corrected chi connectivity index (χ2v) is 18.9. The normalized spacial score (nSPS) is 13.2. The van der Waals surface area contributed by atoms with Gasteiger partial charge in [-0.15, -0.1) is 0 Å². The van der Waals surface area contributed by atoms with Crippen LogP contribution in [-0.4, -0.2) is 36.6 Å². The predicted molar refractivity (Wildman–Crippen MR) is 218 cm³/mol. The molecular formula is C46H57F3IrNO2Se-. The van der Waals surface area contributed by atoms with Crippen molar-refractivity contribution in [1.82, 2.24) is 4.98 Å². The van der Waals surface area contributed by atoms with E-state index < -0.39 is 11.6 Å². The molecule has 0 aliphatic heterocycles. The number of fused-ring (bicyclic) bond motifs is 4. The van der Waals surface area contributed by atoms with Crippen LogP contribution in [0.4, 0.5) is 13.2 Å². The van der Waals surface area contributed by atoms with Crippen LogP contribution in [0.3, 0.4) is 0 Å². The van der Waals surface area contributed by atoms with E-state index in [0.717, 1.165) is 64.2 Å². The monoisotopic (exact) mass is 985 g/mol. The molecule has 0 saturated heterocycles. The Morgan fingerprint density at radius 3 is 1.94 bits per heavy atom. The van der Waals surface area contributed by atoms with Gasteiger partial charge in [0.05, 0.1) is 0 Å². The van der Waals surface area contributed by atoms with Crippen LogP contribution in [0.1, 0.15) is 119 Å². The van der Waals surface area contributed by atoms with E-state index in [1.54, 1.807) is 0 Å². The first-order valence-electron chi connectivity index (χ1n) is 18.8. The maximum absolute atomic E-state index is 13.6. The van der Waals surface area contributed by atoms with Crippen molar-refractivity contribution in [2.75, 3.05) is 0 Å². The van der Waals surface area contributed by atoms with Crippen molar-refractivity contribution in [1.29, 1.82) is 0 Å². The zero-order valence-electron chi connectivity index (χ0n) is 34.0. The number of alkyl halides is 3. The number of hydrogen-bond donors (Lipinski definition) is 1. The van der Waals surface area contributed by atoms with Crippen molar-refractivity contribution in [2.24, 2.45) is 16.2 Å². The molecule has 5 aromatic rings. The van der Waals surface area contributed by atoms with E-state index in [2.05, 4.69) is 51.1 Å². The fraction of sp³-hybridized carbons (Fsp3) is 0.478. The zero-order chi connectivity index (χ0) is 39.7. The third kappa shape index (κ3) is 9.26. The minimum absolute atomic E-state index is 0. The van der Waals surface area contributed by atoms with Crippen LogP contribution in [-0.2, 0) is 36.7 Å². The molecular weight excluding hydrogens is 927 g/mol. The molecule has 2 heterocycles. The van der Waals surface area contributed by atoms with Crippen molar-refractivity contribution in [3.05, 3.63) is 89.3 Å². The molecule has 0 atom stereocenters. The van der Waals surface area contributed by atoms with Crippen LogP contribution in [0.15, 0.2) is 66.6 Å². The number of halogens is 3. The predicted octanol–water partition coefficient (Wildman–Crippen LogP) is 13.4. The summed E-state index contributed by atoms with van der Waals surface area (Å²) in [6.45, 7) is 23.3. The van der Waals surface area contributed by atoms with Crippen LogP contribution in [0.2, 0.25) is 0 Å². The van der Waals surface area contributed by atoms with Gasteiger partial charge in [0, 0.05) is 37.0 Å². The third-order valence-corrected chi connectivity index (χ3v) is 14.6. The second-order valence-electron chi connectivity index (χ2n) is 16.7. The Bertz CT molecular complexity index is 2130. The molecule has 2 aromatic heterocycles. The van der Waals surface area contributed by atoms with E-state index in [1.165, 1.54) is 39.4 Å². The van der Waals surface area contributed by atoms with Crippen LogP contribution in [0.25, 0.3) is 41.3 Å². The molecule has 0 aliphatic rings. The molecule has 0 bridgehead atoms. The summed E-state index contributed by atoms with van der Waals surface area (Å²) in [5.41, 5.74) is 2.47. The molecule has 0 amide bonds. The van der Waals surface area contributed by atoms with Crippen LogP contribution in [0, 0.1) is 29.2 Å². The summed E-state index contributed by atoms with van der Waals surface area (Å²) in [6, 6.07) is 20.1. The first-order chi connectivity index (χ1) is 24.6. The molecule has 3 nitrogen and oxygen atoms in total. The van der Waals surface area contributed by atoms with Gasteiger partial charge in [-0.05, 0) is 25.7 Å². The smallest absolute Gasteiger partial charge is 0 e. The third-order valence-electron chi connectivity index (χ3n) is 11.8. The minimum atomic E-state index is -4.25. The Morgan fingerprint density at radius 2 is 1.39 bits per heavy atom. The summed E-state index contributed by atoms with van der Waals surface area (Å²) in [5, 5.41) is 14.7. The van der Waals surface area contributed by atoms with E-state index in [1.807, 2.05) is 78.9 Å². The topological polar surface area (TPSA) is 50.2 Å². The molecule has 0 spiro atoms. The van der Waals surface area contributed by atoms with Crippen molar-refractivity contribution in [3.63, 3.8) is 0 Å². The van der Waals surface area contributed by atoms with Gasteiger partial charge < -0.3 is 5.11 Å². The zero-order valence-corrected chi connectivity index (χ0v) is 38.1. The Morgan fingerprint density at radius 1 is 0.815 bits per heavy atom. The number of carbonyl (C=O) groups excluding carboxylic acids is 1. The summed E-state index contributed by atoms with van der Waals surface area (Å²) in [6.07, 6.45) is 2.32. The van der Waals surface area contributed by atoms with E-state index >= 15 is 0 Å². The van der Waals surface area contributed by atoms with Gasteiger partial charge >= 0.3 is 216 Å². The number of aryl methyl sites for hydroxylation is 1. The SMILES string of the molecule is CCC(C)(CC)C(=O)/C=C(\O)C(C)(CC)CC.Cc1c(CC(C)(C)C(F)(F)F)ccc2c1[se]c1c(-c3[c-]c4ccccc4c(C(C)(C)C)c3)nccc12.[Ir]. The molecule has 1 radical (unpaired) electrons. The van der Waals surface area contributed by atoms with Gasteiger partial charge in [0.1, 0.15) is 5.76 Å². The van der Waals surface area contributed by atoms with Gasteiger partial charge in [-0.2, -0.15) is 0 Å². The first-order valence-corrected chi connectivity index (χ1v) is 20.6. The Labute approximate surface area is 340 Å². The number of nitrogens with zero attached hydrogens (tertiary/aromatic N) is 1. The molecule has 3 aromatic carbocycles. The van der Waals surface area contributed by atoms with E-state index in [4.69, 9.17) is 4.98 Å². The molecule has 0 aliphatic carbocycles. The molecule has 5 rings (SSSR count). The van der Waals surface area contributed by atoms with Gasteiger partial charge in [0.25, 0.3) is 0 Å². The molecule has 0 saturated carbocycles. The van der Waals surface area contributed by atoms with Gasteiger partial charge in [-0.25, -0.2) is 0 Å². The molecule has 0 fully saturated rings. The Balaban J connectivity index is 0.000000372. The number of aliphatic hydroxyl groups is 1. The standard InChI is InChI=1S/C31H29F3NSe.C15H28O2.Ir/c1-18-20(17-30(5,6)31(32,33)34)11-12-23-24-13-14-35-26(28(24)36-27(18)23)21-15-19-9-7-8-10-22(19)25(16-21)29(2,3)4;1-7-14(5,8-2)12(16)11-13(17)15(6,9-3)10-4;/h7-14,16H,17H2,1-6H3;11,16H,7-10H2,1-6H3;/q-1;;/b;12-11-;. The van der Waals surface area contributed by atoms with Gasteiger partial charge in [-0.1, -0.05) is 41.5 Å². The van der Waals surface area contributed by atoms with Gasteiger partial charge in [0.15, 0.2) is 5.78 Å². The summed E-state index contributed by atoms with van der Waals surface area (Å²) in [4.78, 5) is 17.0. The summed E-state index contributed by atoms with van der Waals surface area (Å²) in [7, 11) is 0. The molecule has 0 unspecified atom stereocenters. The average Bonchev–Trinajstić information content (AvgIpc) is 3.50. The number of aliphatic hydroxyl groups excluding tert-OH is 1. The Kier molecular flexibility index (Phi) is 14.5. The first kappa shape index (κ1) is 45.6. The van der Waals surface area contributed by atoms with Crippen LogP contribution < -0.4 is 0 Å². The number of ketones is 1. The summed E-state index contributed by atoms with van der Waals surface area (Å²) >= 11 is -0.0574. The molecule has 1 N–H and O–H groups in total. The summed E-state index contributed by atoms with van der Waals surface area (Å²) in [5.74, 6) is 0.286. The maximum atomic E-state index is 13.6. The number of pyridine rings is 1. The molecule has 54 heavy (non-hydrogen) atoms. The van der Waals surface area contributed by atoms with Crippen molar-refractivity contribution in [2.45, 2.75) is 127 Å². The average molecular weight is 984 g/mol. The van der Waals surface area contributed by atoms with E-state index in [-0.39, 0.29) is 68.8 Å². The minimum Gasteiger partial charge on any atom is 0 e. The quantitative estimate of drug-likeness (QED) is 0.0656. The largest absolute Gasteiger partial charge is 0 e. The van der Waals surface area contributed by atoms with Gasteiger partial charge in [-0.3, -0.25) is 4.79 Å². The fourth-order valence-electron chi connectivity index (χ4n) is 6.56. The number of aromatic nitrogens is 1. The number of rotatable bonds is 10. The summed E-state index contributed by atoms with van der Waals surface area (Å²) < 4.78 is 43.1.